The lowest BCUT2D eigenvalue weighted by atomic mass is 10.1. The number of piperidine rings is 1. The van der Waals surface area contributed by atoms with Gasteiger partial charge >= 0.3 is 0 Å². The Labute approximate surface area is 199 Å². The van der Waals surface area contributed by atoms with Gasteiger partial charge in [-0.3, -0.25) is 14.9 Å². The Morgan fingerprint density at radius 1 is 1.00 bits per heavy atom. The number of carbonyl (C=O) groups is 2. The van der Waals surface area contributed by atoms with Crippen LogP contribution in [0.25, 0.3) is 6.08 Å². The zero-order chi connectivity index (χ0) is 23.3. The second-order valence-electron chi connectivity index (χ2n) is 7.57. The average Bonchev–Trinajstić information content (AvgIpc) is 3.18. The number of aromatic nitrogens is 4. The molecule has 11 heteroatoms. The van der Waals surface area contributed by atoms with Gasteiger partial charge in [0.2, 0.25) is 17.7 Å². The van der Waals surface area contributed by atoms with Crippen LogP contribution in [0.3, 0.4) is 0 Å². The summed E-state index contributed by atoms with van der Waals surface area (Å²) in [7, 11) is 0. The molecule has 0 spiro atoms. The van der Waals surface area contributed by atoms with Gasteiger partial charge in [0.1, 0.15) is 18.2 Å². The molecule has 2 aromatic heterocycles. The summed E-state index contributed by atoms with van der Waals surface area (Å²) in [5.41, 5.74) is 0.777. The van der Waals surface area contributed by atoms with E-state index in [4.69, 9.17) is 9.47 Å². The predicted molar refractivity (Wildman–Crippen MR) is 126 cm³/mol. The maximum absolute atomic E-state index is 11.7. The third-order valence-electron chi connectivity index (χ3n) is 5.22. The van der Waals surface area contributed by atoms with Gasteiger partial charge in [0.25, 0.3) is 11.1 Å². The van der Waals surface area contributed by atoms with Crippen LogP contribution in [0.15, 0.2) is 60.0 Å². The van der Waals surface area contributed by atoms with Crippen molar-refractivity contribution in [3.63, 3.8) is 0 Å². The summed E-state index contributed by atoms with van der Waals surface area (Å²) >= 11 is 0.881. The molecule has 2 aliphatic rings. The average molecular weight is 477 g/mol. The number of anilines is 1. The van der Waals surface area contributed by atoms with Gasteiger partial charge in [0, 0.05) is 38.3 Å². The molecule has 172 valence electrons. The fourth-order valence-electron chi connectivity index (χ4n) is 3.57. The highest BCUT2D eigenvalue weighted by atomic mass is 32.2. The van der Waals surface area contributed by atoms with Gasteiger partial charge in [-0.2, -0.15) is 0 Å². The fraction of sp³-hybridized carbons (Fsp3) is 0.217. The summed E-state index contributed by atoms with van der Waals surface area (Å²) in [5.74, 6) is 1.74. The molecule has 0 unspecified atom stereocenters. The van der Waals surface area contributed by atoms with Crippen molar-refractivity contribution < 1.29 is 19.1 Å². The Morgan fingerprint density at radius 3 is 2.44 bits per heavy atom. The maximum Gasteiger partial charge on any atom is 0.290 e. The van der Waals surface area contributed by atoms with Gasteiger partial charge in [0.05, 0.1) is 11.0 Å². The van der Waals surface area contributed by atoms with Gasteiger partial charge in [0.15, 0.2) is 0 Å². The molecule has 10 nitrogen and oxygen atoms in total. The molecular formula is C23H20N6O4S. The highest BCUT2D eigenvalue weighted by Crippen LogP contribution is 2.28. The van der Waals surface area contributed by atoms with Crippen LogP contribution in [0.1, 0.15) is 18.4 Å². The zero-order valence-corrected chi connectivity index (χ0v) is 18.8. The number of hydrogen-bond donors (Lipinski definition) is 1. The van der Waals surface area contributed by atoms with Crippen molar-refractivity contribution in [2.45, 2.75) is 18.9 Å². The summed E-state index contributed by atoms with van der Waals surface area (Å²) in [4.78, 5) is 42.4. The third kappa shape index (κ3) is 5.31. The standard InChI is InChI=1S/C23H20N6O4S/c30-21-18(34-23(31)28-21)12-15-2-4-16(5-3-15)32-19-13-20(27-14-26-19)33-17-6-10-29(11-7-17)22-24-8-1-9-25-22/h1-5,8-9,12-14,17H,6-7,10-11H2,(H,28,30,31)/b18-12-. The van der Waals surface area contributed by atoms with Crippen LogP contribution in [-0.2, 0) is 4.79 Å². The van der Waals surface area contributed by atoms with E-state index in [9.17, 15) is 9.59 Å². The van der Waals surface area contributed by atoms with Crippen LogP contribution in [0.2, 0.25) is 0 Å². The van der Waals surface area contributed by atoms with E-state index in [2.05, 4.69) is 30.2 Å². The molecular weight excluding hydrogens is 456 g/mol. The highest BCUT2D eigenvalue weighted by molar-refractivity contribution is 8.18. The predicted octanol–water partition coefficient (Wildman–Crippen LogP) is 3.43. The van der Waals surface area contributed by atoms with E-state index in [-0.39, 0.29) is 17.3 Å². The summed E-state index contributed by atoms with van der Waals surface area (Å²) in [6.45, 7) is 1.61. The molecule has 4 heterocycles. The Kier molecular flexibility index (Phi) is 6.34. The Balaban J connectivity index is 1.17. The number of thioether (sulfide) groups is 1. The molecule has 2 aliphatic heterocycles. The van der Waals surface area contributed by atoms with Gasteiger partial charge in [-0.15, -0.1) is 0 Å². The second kappa shape index (κ2) is 9.87. The SMILES string of the molecule is O=C1NC(=O)/C(=C/c2ccc(Oc3cc(OC4CCN(c5ncccn5)CC4)ncn3)cc2)S1. The van der Waals surface area contributed by atoms with E-state index in [1.807, 2.05) is 0 Å². The second-order valence-corrected chi connectivity index (χ2v) is 8.59. The number of imide groups is 1. The Bertz CT molecular complexity index is 1210. The lowest BCUT2D eigenvalue weighted by Crippen LogP contribution is -2.39. The number of hydrogen-bond acceptors (Lipinski definition) is 10. The molecule has 1 N–H and O–H groups in total. The number of nitrogens with zero attached hydrogens (tertiary/aromatic N) is 5. The third-order valence-corrected chi connectivity index (χ3v) is 6.03. The maximum atomic E-state index is 11.7. The molecule has 2 saturated heterocycles. The first kappa shape index (κ1) is 21.8. The van der Waals surface area contributed by atoms with E-state index >= 15 is 0 Å². The lowest BCUT2D eigenvalue weighted by molar-refractivity contribution is -0.115. The molecule has 2 fully saturated rings. The van der Waals surface area contributed by atoms with Crippen LogP contribution in [-0.4, -0.2) is 50.3 Å². The van der Waals surface area contributed by atoms with E-state index in [0.717, 1.165) is 49.2 Å². The minimum atomic E-state index is -0.386. The van der Waals surface area contributed by atoms with Gasteiger partial charge in [-0.25, -0.2) is 19.9 Å². The van der Waals surface area contributed by atoms with E-state index < -0.39 is 0 Å². The van der Waals surface area contributed by atoms with Crippen molar-refractivity contribution in [1.29, 1.82) is 0 Å². The number of carbonyl (C=O) groups excluding carboxylic acids is 2. The number of nitrogens with one attached hydrogen (secondary N) is 1. The molecule has 3 aromatic rings. The number of amides is 2. The highest BCUT2D eigenvalue weighted by Gasteiger charge is 2.25. The van der Waals surface area contributed by atoms with Crippen molar-refractivity contribution >= 4 is 34.9 Å². The molecule has 0 atom stereocenters. The molecule has 0 aliphatic carbocycles. The first-order chi connectivity index (χ1) is 16.6. The molecule has 0 bridgehead atoms. The topological polar surface area (TPSA) is 119 Å². The normalized spacial score (nSPS) is 17.6. The summed E-state index contributed by atoms with van der Waals surface area (Å²) in [6.07, 6.45) is 8.24. The summed E-state index contributed by atoms with van der Waals surface area (Å²) in [5, 5.41) is 1.87. The minimum absolute atomic E-state index is 0.0348. The van der Waals surface area contributed by atoms with Crippen LogP contribution in [0.4, 0.5) is 10.7 Å². The molecule has 2 amide bonds. The van der Waals surface area contributed by atoms with Crippen molar-refractivity contribution in [1.82, 2.24) is 25.3 Å². The quantitative estimate of drug-likeness (QED) is 0.530. The van der Waals surface area contributed by atoms with Crippen LogP contribution < -0.4 is 19.7 Å². The van der Waals surface area contributed by atoms with Gasteiger partial charge in [-0.1, -0.05) is 12.1 Å². The summed E-state index contributed by atoms with van der Waals surface area (Å²) in [6, 6.07) is 10.6. The molecule has 0 radical (unpaired) electrons. The molecule has 1 aromatic carbocycles. The van der Waals surface area contributed by atoms with Crippen LogP contribution in [0.5, 0.6) is 17.5 Å². The first-order valence-corrected chi connectivity index (χ1v) is 11.5. The number of benzene rings is 1. The van der Waals surface area contributed by atoms with Crippen molar-refractivity contribution in [2.75, 3.05) is 18.0 Å². The van der Waals surface area contributed by atoms with Crippen LogP contribution >= 0.6 is 11.8 Å². The molecule has 0 saturated carbocycles. The van der Waals surface area contributed by atoms with Gasteiger partial charge in [-0.05, 0) is 41.6 Å². The Morgan fingerprint density at radius 2 is 1.74 bits per heavy atom. The van der Waals surface area contributed by atoms with E-state index in [0.29, 0.717) is 22.4 Å². The smallest absolute Gasteiger partial charge is 0.290 e. The Hall–Kier alpha value is -3.99. The van der Waals surface area contributed by atoms with Crippen molar-refractivity contribution in [3.8, 4) is 17.5 Å². The number of ether oxygens (including phenoxy) is 2. The number of rotatable bonds is 6. The van der Waals surface area contributed by atoms with Crippen molar-refractivity contribution in [2.24, 2.45) is 0 Å². The largest absolute Gasteiger partial charge is 0.474 e. The van der Waals surface area contributed by atoms with E-state index in [1.165, 1.54) is 6.33 Å². The first-order valence-electron chi connectivity index (χ1n) is 10.7. The monoisotopic (exact) mass is 476 g/mol. The van der Waals surface area contributed by atoms with Crippen molar-refractivity contribution in [3.05, 3.63) is 65.6 Å². The summed E-state index contributed by atoms with van der Waals surface area (Å²) < 4.78 is 11.9. The van der Waals surface area contributed by atoms with E-state index in [1.54, 1.807) is 54.9 Å². The molecule has 5 rings (SSSR count). The van der Waals surface area contributed by atoms with Gasteiger partial charge < -0.3 is 14.4 Å². The lowest BCUT2D eigenvalue weighted by Gasteiger charge is -2.31. The van der Waals surface area contributed by atoms with Crippen LogP contribution in [0, 0.1) is 0 Å². The molecule has 34 heavy (non-hydrogen) atoms. The minimum Gasteiger partial charge on any atom is -0.474 e. The zero-order valence-electron chi connectivity index (χ0n) is 18.0. The fourth-order valence-corrected chi connectivity index (χ4v) is 4.25.